The Balaban J connectivity index is 3.15. The van der Waals surface area contributed by atoms with Crippen molar-refractivity contribution in [2.75, 3.05) is 19.0 Å². The molecule has 1 aromatic rings. The molecule has 1 N–H and O–H groups in total. The molecular formula is C17H31N3. The summed E-state index contributed by atoms with van der Waals surface area (Å²) in [7, 11) is 4.13. The van der Waals surface area contributed by atoms with Gasteiger partial charge in [0.25, 0.3) is 0 Å². The zero-order valence-electron chi connectivity index (χ0n) is 14.4. The molecule has 0 spiro atoms. The van der Waals surface area contributed by atoms with E-state index in [2.05, 4.69) is 70.9 Å². The zero-order chi connectivity index (χ0) is 15.5. The summed E-state index contributed by atoms with van der Waals surface area (Å²) in [6.45, 7) is 14.4. The molecule has 0 bridgehead atoms. The Morgan fingerprint density at radius 3 is 2.25 bits per heavy atom. The quantitative estimate of drug-likeness (QED) is 0.887. The van der Waals surface area contributed by atoms with Crippen LogP contribution >= 0.6 is 0 Å². The number of nitrogens with one attached hydrogen (secondary N) is 1. The molecule has 0 aliphatic heterocycles. The molecule has 1 heterocycles. The highest BCUT2D eigenvalue weighted by molar-refractivity contribution is 5.44. The normalized spacial score (nSPS) is 13.7. The molecule has 3 heteroatoms. The second kappa shape index (κ2) is 6.57. The van der Waals surface area contributed by atoms with E-state index in [-0.39, 0.29) is 5.41 Å². The van der Waals surface area contributed by atoms with Gasteiger partial charge in [0.2, 0.25) is 0 Å². The average Bonchev–Trinajstić information content (AvgIpc) is 2.35. The van der Waals surface area contributed by atoms with Crippen molar-refractivity contribution in [3.05, 3.63) is 23.4 Å². The Morgan fingerprint density at radius 2 is 1.80 bits per heavy atom. The van der Waals surface area contributed by atoms with Gasteiger partial charge in [-0.25, -0.2) is 4.98 Å². The van der Waals surface area contributed by atoms with Gasteiger partial charge in [-0.3, -0.25) is 0 Å². The minimum absolute atomic E-state index is 0.230. The number of pyridine rings is 1. The van der Waals surface area contributed by atoms with Crippen LogP contribution in [0.4, 0.5) is 5.82 Å². The Morgan fingerprint density at radius 1 is 1.20 bits per heavy atom. The van der Waals surface area contributed by atoms with E-state index in [1.54, 1.807) is 0 Å². The second-order valence-electron chi connectivity index (χ2n) is 7.10. The van der Waals surface area contributed by atoms with Gasteiger partial charge in [-0.2, -0.15) is 0 Å². The Kier molecular flexibility index (Phi) is 5.58. The third-order valence-corrected chi connectivity index (χ3v) is 4.06. The number of aromatic nitrogens is 1. The smallest absolute Gasteiger partial charge is 0.129 e. The summed E-state index contributed by atoms with van der Waals surface area (Å²) in [5, 5.41) is 3.23. The minimum atomic E-state index is 0.230. The highest BCUT2D eigenvalue weighted by Gasteiger charge is 2.25. The van der Waals surface area contributed by atoms with E-state index in [1.807, 2.05) is 7.05 Å². The minimum Gasteiger partial charge on any atom is -0.356 e. The summed E-state index contributed by atoms with van der Waals surface area (Å²) >= 11 is 0. The highest BCUT2D eigenvalue weighted by Crippen LogP contribution is 2.28. The molecule has 0 aliphatic rings. The van der Waals surface area contributed by atoms with Crippen molar-refractivity contribution in [1.82, 2.24) is 10.3 Å². The molecule has 1 unspecified atom stereocenters. The highest BCUT2D eigenvalue weighted by atomic mass is 15.2. The van der Waals surface area contributed by atoms with Crippen LogP contribution in [0.2, 0.25) is 0 Å². The first kappa shape index (κ1) is 17.0. The lowest BCUT2D eigenvalue weighted by molar-refractivity contribution is 0.328. The Bertz CT molecular complexity index is 432. The molecule has 0 amide bonds. The lowest BCUT2D eigenvalue weighted by Crippen LogP contribution is -2.40. The van der Waals surface area contributed by atoms with Gasteiger partial charge in [0.1, 0.15) is 5.82 Å². The van der Waals surface area contributed by atoms with Crippen molar-refractivity contribution in [1.29, 1.82) is 0 Å². The van der Waals surface area contributed by atoms with Crippen molar-refractivity contribution in [3.8, 4) is 0 Å². The van der Waals surface area contributed by atoms with Crippen LogP contribution in [0.25, 0.3) is 0 Å². The molecule has 114 valence electrons. The number of hydrogen-bond donors (Lipinski definition) is 1. The largest absolute Gasteiger partial charge is 0.356 e. The molecule has 0 aromatic carbocycles. The maximum Gasteiger partial charge on any atom is 0.129 e. The Hall–Kier alpha value is -1.09. The van der Waals surface area contributed by atoms with Gasteiger partial charge in [0.15, 0.2) is 0 Å². The van der Waals surface area contributed by atoms with Crippen molar-refractivity contribution < 1.29 is 0 Å². The summed E-state index contributed by atoms with van der Waals surface area (Å²) in [5.41, 5.74) is 2.70. The zero-order valence-corrected chi connectivity index (χ0v) is 14.4. The summed E-state index contributed by atoms with van der Waals surface area (Å²) in [6, 6.07) is 4.84. The molecule has 0 fully saturated rings. The van der Waals surface area contributed by atoms with Gasteiger partial charge in [-0.05, 0) is 43.0 Å². The van der Waals surface area contributed by atoms with Gasteiger partial charge < -0.3 is 10.2 Å². The lowest BCUT2D eigenvalue weighted by Gasteiger charge is -2.36. The number of nitrogens with zero attached hydrogens (tertiary/aromatic N) is 2. The van der Waals surface area contributed by atoms with Crippen molar-refractivity contribution in [2.24, 2.45) is 5.41 Å². The molecule has 1 atom stereocenters. The van der Waals surface area contributed by atoms with Crippen molar-refractivity contribution >= 4 is 5.82 Å². The molecule has 0 saturated carbocycles. The SMILES string of the molecule is CNCc1cc(C(C)C)nc(N(C)C(C)C(C)(C)C)c1. The van der Waals surface area contributed by atoms with Crippen LogP contribution in [-0.2, 0) is 6.54 Å². The monoisotopic (exact) mass is 277 g/mol. The van der Waals surface area contributed by atoms with Gasteiger partial charge in [0.05, 0.1) is 0 Å². The summed E-state index contributed by atoms with van der Waals surface area (Å²) in [5.74, 6) is 1.52. The number of anilines is 1. The van der Waals surface area contributed by atoms with Crippen LogP contribution < -0.4 is 10.2 Å². The molecule has 1 rings (SSSR count). The maximum atomic E-state index is 4.85. The van der Waals surface area contributed by atoms with Gasteiger partial charge in [-0.1, -0.05) is 34.6 Å². The Labute approximate surface area is 124 Å². The summed E-state index contributed by atoms with van der Waals surface area (Å²) in [4.78, 5) is 7.14. The van der Waals surface area contributed by atoms with Gasteiger partial charge >= 0.3 is 0 Å². The van der Waals surface area contributed by atoms with E-state index in [0.29, 0.717) is 12.0 Å². The van der Waals surface area contributed by atoms with Crippen LogP contribution in [0.15, 0.2) is 12.1 Å². The topological polar surface area (TPSA) is 28.2 Å². The molecule has 20 heavy (non-hydrogen) atoms. The molecule has 0 aliphatic carbocycles. The fraction of sp³-hybridized carbons (Fsp3) is 0.706. The van der Waals surface area contributed by atoms with Crippen LogP contribution in [-0.4, -0.2) is 25.1 Å². The molecule has 0 radical (unpaired) electrons. The van der Waals surface area contributed by atoms with Crippen molar-refractivity contribution in [2.45, 2.75) is 60.0 Å². The fourth-order valence-electron chi connectivity index (χ4n) is 2.16. The van der Waals surface area contributed by atoms with E-state index >= 15 is 0 Å². The third-order valence-electron chi connectivity index (χ3n) is 4.06. The van der Waals surface area contributed by atoms with Crippen LogP contribution in [0, 0.1) is 5.41 Å². The predicted molar refractivity (Wildman–Crippen MR) is 88.4 cm³/mol. The number of rotatable bonds is 5. The van der Waals surface area contributed by atoms with E-state index in [0.717, 1.165) is 12.4 Å². The third kappa shape index (κ3) is 4.20. The first-order valence-electron chi connectivity index (χ1n) is 7.55. The average molecular weight is 277 g/mol. The first-order valence-corrected chi connectivity index (χ1v) is 7.55. The first-order chi connectivity index (χ1) is 9.16. The molecule has 0 saturated heterocycles. The van der Waals surface area contributed by atoms with Crippen LogP contribution in [0.5, 0.6) is 0 Å². The number of hydrogen-bond acceptors (Lipinski definition) is 3. The predicted octanol–water partition coefficient (Wildman–Crippen LogP) is 3.80. The van der Waals surface area contributed by atoms with E-state index in [4.69, 9.17) is 4.98 Å². The molecular weight excluding hydrogens is 246 g/mol. The van der Waals surface area contributed by atoms with Gasteiger partial charge in [-0.15, -0.1) is 0 Å². The van der Waals surface area contributed by atoms with Crippen molar-refractivity contribution in [3.63, 3.8) is 0 Å². The maximum absolute atomic E-state index is 4.85. The standard InChI is InChI=1S/C17H31N3/c1-12(2)15-9-14(11-18-7)10-16(19-15)20(8)13(3)17(4,5)6/h9-10,12-13,18H,11H2,1-8H3. The van der Waals surface area contributed by atoms with E-state index < -0.39 is 0 Å². The van der Waals surface area contributed by atoms with E-state index in [1.165, 1.54) is 11.3 Å². The fourth-order valence-corrected chi connectivity index (χ4v) is 2.16. The van der Waals surface area contributed by atoms with Crippen LogP contribution in [0.1, 0.15) is 58.7 Å². The summed E-state index contributed by atoms with van der Waals surface area (Å²) in [6.07, 6.45) is 0. The second-order valence-corrected chi connectivity index (χ2v) is 7.10. The molecule has 3 nitrogen and oxygen atoms in total. The van der Waals surface area contributed by atoms with Gasteiger partial charge in [0, 0.05) is 25.3 Å². The van der Waals surface area contributed by atoms with E-state index in [9.17, 15) is 0 Å². The lowest BCUT2D eigenvalue weighted by atomic mass is 9.87. The molecule has 1 aromatic heterocycles. The summed E-state index contributed by atoms with van der Waals surface area (Å²) < 4.78 is 0. The van der Waals surface area contributed by atoms with Crippen LogP contribution in [0.3, 0.4) is 0 Å².